The van der Waals surface area contributed by atoms with Crippen molar-refractivity contribution in [1.29, 1.82) is 0 Å². The number of amides is 2. The maximum Gasteiger partial charge on any atom is 0.254 e. The fourth-order valence-corrected chi connectivity index (χ4v) is 4.10. The lowest BCUT2D eigenvalue weighted by Crippen LogP contribution is -2.45. The number of nitroso groups, excluding NO2 is 1. The number of hydrogen-bond acceptors (Lipinski definition) is 6. The molecule has 2 heterocycles. The minimum atomic E-state index is -0.588. The molecule has 2 aliphatic rings. The minimum absolute atomic E-state index is 0.118. The smallest absolute Gasteiger partial charge is 0.254 e. The second kappa shape index (κ2) is 9.99. The molecular weight excluding hydrogens is 446 g/mol. The largest absolute Gasteiger partial charge is 0.348 e. The fraction of sp³-hybridized carbons (Fsp3) is 0.565. The Morgan fingerprint density at radius 1 is 1.27 bits per heavy atom. The molecule has 0 spiro atoms. The van der Waals surface area contributed by atoms with Crippen LogP contribution < -0.4 is 10.9 Å². The summed E-state index contributed by atoms with van der Waals surface area (Å²) in [4.78, 5) is 55.1. The molecule has 2 amide bonds. The first-order valence-corrected chi connectivity index (χ1v) is 11.4. The molecule has 10 heteroatoms. The second-order valence-corrected chi connectivity index (χ2v) is 9.99. The van der Waals surface area contributed by atoms with E-state index in [1.165, 1.54) is 10.6 Å². The summed E-state index contributed by atoms with van der Waals surface area (Å²) in [6.07, 6.45) is 6.34. The monoisotopic (exact) mass is 475 g/mol. The van der Waals surface area contributed by atoms with Crippen molar-refractivity contribution in [1.82, 2.24) is 19.8 Å². The highest BCUT2D eigenvalue weighted by Gasteiger charge is 2.30. The molecule has 0 aromatic carbocycles. The van der Waals surface area contributed by atoms with Gasteiger partial charge in [-0.15, -0.1) is 0 Å². The van der Waals surface area contributed by atoms with E-state index >= 15 is 0 Å². The number of allylic oxidation sites excluding steroid dienone is 2. The molecule has 3 rings (SSSR count). The van der Waals surface area contributed by atoms with Gasteiger partial charge in [0.2, 0.25) is 11.8 Å². The lowest BCUT2D eigenvalue weighted by molar-refractivity contribution is -0.133. The van der Waals surface area contributed by atoms with Crippen LogP contribution in [-0.4, -0.2) is 51.4 Å². The van der Waals surface area contributed by atoms with Gasteiger partial charge in [0, 0.05) is 35.5 Å². The van der Waals surface area contributed by atoms with Crippen molar-refractivity contribution in [3.05, 3.63) is 56.1 Å². The number of nitrogens with one attached hydrogen (secondary N) is 1. The van der Waals surface area contributed by atoms with Crippen molar-refractivity contribution in [2.45, 2.75) is 65.1 Å². The van der Waals surface area contributed by atoms with E-state index in [9.17, 15) is 19.3 Å². The number of aromatic nitrogens is 2. The number of aryl methyl sites for hydroxylation is 1. The third-order valence-electron chi connectivity index (χ3n) is 5.99. The lowest BCUT2D eigenvalue weighted by Gasteiger charge is -2.30. The molecule has 33 heavy (non-hydrogen) atoms. The Morgan fingerprint density at radius 2 is 1.94 bits per heavy atom. The van der Waals surface area contributed by atoms with E-state index in [0.717, 1.165) is 0 Å². The van der Waals surface area contributed by atoms with E-state index in [-0.39, 0.29) is 35.9 Å². The molecule has 0 bridgehead atoms. The fourth-order valence-electron chi connectivity index (χ4n) is 3.89. The Bertz CT molecular complexity index is 1050. The summed E-state index contributed by atoms with van der Waals surface area (Å²) >= 11 is 6.17. The van der Waals surface area contributed by atoms with Gasteiger partial charge in [0.15, 0.2) is 0 Å². The molecule has 1 aromatic heterocycles. The van der Waals surface area contributed by atoms with Gasteiger partial charge in [0.25, 0.3) is 5.56 Å². The van der Waals surface area contributed by atoms with Crippen LogP contribution in [0.1, 0.15) is 51.0 Å². The zero-order valence-electron chi connectivity index (χ0n) is 19.4. The van der Waals surface area contributed by atoms with Crippen LogP contribution in [-0.2, 0) is 16.1 Å². The molecule has 1 aliphatic heterocycles. The summed E-state index contributed by atoms with van der Waals surface area (Å²) in [5, 5.41) is 6.53. The van der Waals surface area contributed by atoms with Crippen LogP contribution in [0.15, 0.2) is 39.3 Å². The van der Waals surface area contributed by atoms with Crippen LogP contribution in [0.25, 0.3) is 0 Å². The van der Waals surface area contributed by atoms with Crippen LogP contribution in [0.2, 0.25) is 0 Å². The number of rotatable bonds is 5. The normalized spacial score (nSPS) is 21.5. The molecule has 1 unspecified atom stereocenters. The summed E-state index contributed by atoms with van der Waals surface area (Å²) < 4.78 is 1.34. The van der Waals surface area contributed by atoms with Gasteiger partial charge in [0.1, 0.15) is 12.4 Å². The lowest BCUT2D eigenvalue weighted by atomic mass is 9.89. The highest BCUT2D eigenvalue weighted by Crippen LogP contribution is 2.28. The molecule has 9 nitrogen and oxygen atoms in total. The minimum Gasteiger partial charge on any atom is -0.348 e. The number of piperidine rings is 1. The highest BCUT2D eigenvalue weighted by atomic mass is 35.5. The van der Waals surface area contributed by atoms with E-state index in [1.54, 1.807) is 24.0 Å². The third kappa shape index (κ3) is 5.96. The van der Waals surface area contributed by atoms with E-state index < -0.39 is 11.5 Å². The molecule has 0 radical (unpaired) electrons. The molecule has 178 valence electrons. The van der Waals surface area contributed by atoms with Gasteiger partial charge in [-0.3, -0.25) is 19.0 Å². The SMILES string of the molecule is Cc1nc(C2C=CC(Cl)=C[C@H]2NC(=O)C(C)(C)C)cc(=O)n1CC(=O)N1CCC(N=O)CC1. The van der Waals surface area contributed by atoms with E-state index in [4.69, 9.17) is 11.6 Å². The Morgan fingerprint density at radius 3 is 2.52 bits per heavy atom. The van der Waals surface area contributed by atoms with E-state index in [0.29, 0.717) is 42.5 Å². The zero-order chi connectivity index (χ0) is 24.3. The first kappa shape index (κ1) is 24.8. The number of likely N-dealkylation sites (tertiary alicyclic amines) is 1. The number of hydrogen-bond donors (Lipinski definition) is 1. The number of halogens is 1. The maximum atomic E-state index is 12.9. The van der Waals surface area contributed by atoms with Gasteiger partial charge in [-0.25, -0.2) is 4.98 Å². The van der Waals surface area contributed by atoms with Gasteiger partial charge in [0.05, 0.1) is 17.8 Å². The van der Waals surface area contributed by atoms with Crippen LogP contribution >= 0.6 is 11.6 Å². The van der Waals surface area contributed by atoms with Crippen LogP contribution in [0.3, 0.4) is 0 Å². The predicted molar refractivity (Wildman–Crippen MR) is 126 cm³/mol. The second-order valence-electron chi connectivity index (χ2n) is 9.56. The van der Waals surface area contributed by atoms with Gasteiger partial charge in [-0.05, 0) is 31.9 Å². The van der Waals surface area contributed by atoms with Crippen molar-refractivity contribution in [2.75, 3.05) is 13.1 Å². The summed E-state index contributed by atoms with van der Waals surface area (Å²) in [6, 6.07) is 0.698. The third-order valence-corrected chi connectivity index (χ3v) is 6.24. The Labute approximate surface area is 197 Å². The molecule has 1 N–H and O–H groups in total. The first-order chi connectivity index (χ1) is 15.5. The van der Waals surface area contributed by atoms with Crippen molar-refractivity contribution in [3.63, 3.8) is 0 Å². The summed E-state index contributed by atoms with van der Waals surface area (Å²) in [5.41, 5.74) is -0.435. The highest BCUT2D eigenvalue weighted by molar-refractivity contribution is 6.31. The predicted octanol–water partition coefficient (Wildman–Crippen LogP) is 2.62. The number of carbonyl (C=O) groups is 2. The van der Waals surface area contributed by atoms with Crippen molar-refractivity contribution in [2.24, 2.45) is 10.6 Å². The van der Waals surface area contributed by atoms with E-state index in [2.05, 4.69) is 15.5 Å². The Balaban J connectivity index is 1.79. The molecular formula is C23H30ClN5O4. The Hall–Kier alpha value is -2.81. The Kier molecular flexibility index (Phi) is 7.51. The average Bonchev–Trinajstić information content (AvgIpc) is 2.75. The van der Waals surface area contributed by atoms with Gasteiger partial charge < -0.3 is 10.2 Å². The summed E-state index contributed by atoms with van der Waals surface area (Å²) in [6.45, 7) is 7.92. The van der Waals surface area contributed by atoms with Gasteiger partial charge >= 0.3 is 0 Å². The molecule has 0 saturated carbocycles. The van der Waals surface area contributed by atoms with Crippen molar-refractivity contribution in [3.8, 4) is 0 Å². The van der Waals surface area contributed by atoms with Crippen LogP contribution in [0.5, 0.6) is 0 Å². The number of carbonyl (C=O) groups excluding carboxylic acids is 2. The summed E-state index contributed by atoms with van der Waals surface area (Å²) in [7, 11) is 0. The van der Waals surface area contributed by atoms with Crippen molar-refractivity contribution < 1.29 is 9.59 Å². The van der Waals surface area contributed by atoms with Crippen molar-refractivity contribution >= 4 is 23.4 Å². The van der Waals surface area contributed by atoms with Gasteiger partial charge in [-0.2, -0.15) is 4.91 Å². The van der Waals surface area contributed by atoms with E-state index in [1.807, 2.05) is 26.8 Å². The van der Waals surface area contributed by atoms with Crippen LogP contribution in [0.4, 0.5) is 0 Å². The maximum absolute atomic E-state index is 12.9. The molecule has 1 fully saturated rings. The molecule has 1 aromatic rings. The van der Waals surface area contributed by atoms with Gasteiger partial charge in [-0.1, -0.05) is 43.6 Å². The van der Waals surface area contributed by atoms with Crippen LogP contribution in [0, 0.1) is 17.2 Å². The first-order valence-electron chi connectivity index (χ1n) is 11.0. The standard InChI is InChI=1S/C23H30ClN5O4/c1-14-25-19(17-6-5-15(24)11-18(17)26-22(32)23(2,3)4)12-20(30)29(14)13-21(31)28-9-7-16(27-33)8-10-28/h5-6,11-12,16-18H,7-10,13H2,1-4H3,(H,26,32)/t17?,18-/m1/s1. The molecule has 1 saturated heterocycles. The zero-order valence-corrected chi connectivity index (χ0v) is 20.1. The molecule has 2 atom stereocenters. The topological polar surface area (TPSA) is 114 Å². The summed E-state index contributed by atoms with van der Waals surface area (Å²) in [5.74, 6) is -0.296. The quantitative estimate of drug-likeness (QED) is 0.657. The molecule has 1 aliphatic carbocycles. The number of nitrogens with zero attached hydrogens (tertiary/aromatic N) is 4. The average molecular weight is 476 g/mol.